The predicted octanol–water partition coefficient (Wildman–Crippen LogP) is 1.47. The second-order valence-corrected chi connectivity index (χ2v) is 7.35. The molecule has 0 saturated heterocycles. The number of para-hydroxylation sites is 1. The lowest BCUT2D eigenvalue weighted by Gasteiger charge is -2.18. The van der Waals surface area contributed by atoms with Gasteiger partial charge >= 0.3 is 11.7 Å². The van der Waals surface area contributed by atoms with Gasteiger partial charge in [0.25, 0.3) is 11.8 Å². The number of ether oxygens (including phenoxy) is 3. The quantitative estimate of drug-likeness (QED) is 0.325. The van der Waals surface area contributed by atoms with Crippen LogP contribution in [0.3, 0.4) is 0 Å². The number of amides is 2. The molecule has 0 aliphatic heterocycles. The Hall–Kier alpha value is -4.87. The van der Waals surface area contributed by atoms with Crippen molar-refractivity contribution in [2.75, 3.05) is 26.6 Å². The highest BCUT2D eigenvalue weighted by molar-refractivity contribution is 6.08. The van der Waals surface area contributed by atoms with Gasteiger partial charge in [-0.2, -0.15) is 0 Å². The number of hydrogen-bond acceptors (Lipinski definition) is 8. The van der Waals surface area contributed by atoms with Gasteiger partial charge in [0.15, 0.2) is 0 Å². The maximum atomic E-state index is 13.1. The van der Waals surface area contributed by atoms with Gasteiger partial charge in [0.05, 0.1) is 26.9 Å². The van der Waals surface area contributed by atoms with Gasteiger partial charge in [-0.25, -0.2) is 14.6 Å². The Balaban J connectivity index is 1.90. The zero-order valence-electron chi connectivity index (χ0n) is 19.7. The summed E-state index contributed by atoms with van der Waals surface area (Å²) in [4.78, 5) is 55.7. The molecule has 0 aliphatic rings. The first-order valence-electron chi connectivity index (χ1n) is 10.6. The summed E-state index contributed by atoms with van der Waals surface area (Å²) in [6.45, 7) is 0. The fraction of sp³-hybridized carbons (Fsp3) is 0.208. The van der Waals surface area contributed by atoms with Crippen molar-refractivity contribution in [3.8, 4) is 17.2 Å². The normalized spacial score (nSPS) is 11.2. The van der Waals surface area contributed by atoms with Gasteiger partial charge in [0, 0.05) is 18.2 Å². The lowest BCUT2D eigenvalue weighted by atomic mass is 10.1. The van der Waals surface area contributed by atoms with Crippen molar-refractivity contribution in [1.82, 2.24) is 15.3 Å². The Labute approximate surface area is 205 Å². The van der Waals surface area contributed by atoms with Crippen molar-refractivity contribution in [3.05, 3.63) is 75.8 Å². The Kier molecular flexibility index (Phi) is 8.23. The molecular weight excluding hydrogens is 472 g/mol. The number of carboxylic acids is 1. The highest BCUT2D eigenvalue weighted by atomic mass is 16.5. The van der Waals surface area contributed by atoms with Crippen molar-refractivity contribution in [1.29, 1.82) is 0 Å². The summed E-state index contributed by atoms with van der Waals surface area (Å²) in [5.74, 6) is -2.09. The topological polar surface area (TPSA) is 169 Å². The Bertz CT molecular complexity index is 1320. The fourth-order valence-corrected chi connectivity index (χ4v) is 3.43. The summed E-state index contributed by atoms with van der Waals surface area (Å²) in [5.41, 5.74) is -0.413. The minimum absolute atomic E-state index is 0.0605. The number of carbonyl (C=O) groups excluding carboxylic acids is 2. The van der Waals surface area contributed by atoms with E-state index in [4.69, 9.17) is 14.2 Å². The Morgan fingerprint density at radius 1 is 0.944 bits per heavy atom. The van der Waals surface area contributed by atoms with E-state index in [1.807, 2.05) is 0 Å². The summed E-state index contributed by atoms with van der Waals surface area (Å²) in [5, 5.41) is 14.7. The highest BCUT2D eigenvalue weighted by Crippen LogP contribution is 2.29. The number of nitrogens with one attached hydrogen (secondary N) is 3. The minimum Gasteiger partial charge on any atom is -0.496 e. The molecule has 1 heterocycles. The zero-order chi connectivity index (χ0) is 26.2. The first-order chi connectivity index (χ1) is 17.3. The van der Waals surface area contributed by atoms with Gasteiger partial charge in [-0.1, -0.05) is 18.2 Å². The summed E-state index contributed by atoms with van der Waals surface area (Å²) < 4.78 is 15.6. The van der Waals surface area contributed by atoms with Gasteiger partial charge in [-0.3, -0.25) is 14.6 Å². The van der Waals surface area contributed by atoms with E-state index in [1.54, 1.807) is 36.4 Å². The standard InChI is InChI=1S/C24H24N4O8/c1-34-16-8-5-4-7-14(16)21(29)26-15(23(31)32)11-13-12-25-24(33)28-20(13)27-22(30)19-17(35-2)9-6-10-18(19)36-3/h4-10,12,15H,11H2,1-3H3,(H,26,29)(H,31,32)(H2,25,27,28,30,33). The van der Waals surface area contributed by atoms with Crippen LogP contribution in [0.4, 0.5) is 5.82 Å². The molecule has 0 saturated carbocycles. The van der Waals surface area contributed by atoms with E-state index in [9.17, 15) is 24.3 Å². The van der Waals surface area contributed by atoms with Crippen LogP contribution in [0.15, 0.2) is 53.5 Å². The molecule has 12 nitrogen and oxygen atoms in total. The van der Waals surface area contributed by atoms with Crippen LogP contribution in [0, 0.1) is 0 Å². The molecule has 1 unspecified atom stereocenters. The SMILES string of the molecule is COc1ccccc1C(=O)NC(Cc1cnc(=O)[nH]c1NC(=O)c1c(OC)cccc1OC)C(=O)O. The molecule has 0 bridgehead atoms. The second-order valence-electron chi connectivity index (χ2n) is 7.35. The van der Waals surface area contributed by atoms with Crippen molar-refractivity contribution >= 4 is 23.6 Å². The van der Waals surface area contributed by atoms with Gasteiger partial charge < -0.3 is 30.0 Å². The average molecular weight is 496 g/mol. The molecule has 1 aromatic heterocycles. The Morgan fingerprint density at radius 3 is 2.17 bits per heavy atom. The summed E-state index contributed by atoms with van der Waals surface area (Å²) in [6.07, 6.45) is 0.817. The van der Waals surface area contributed by atoms with E-state index >= 15 is 0 Å². The fourth-order valence-electron chi connectivity index (χ4n) is 3.43. The highest BCUT2D eigenvalue weighted by Gasteiger charge is 2.26. The third kappa shape index (κ3) is 5.78. The van der Waals surface area contributed by atoms with Crippen LogP contribution in [-0.4, -0.2) is 60.2 Å². The molecule has 4 N–H and O–H groups in total. The van der Waals surface area contributed by atoms with Crippen molar-refractivity contribution in [2.45, 2.75) is 12.5 Å². The first-order valence-corrected chi connectivity index (χ1v) is 10.6. The van der Waals surface area contributed by atoms with Crippen LogP contribution >= 0.6 is 0 Å². The smallest absolute Gasteiger partial charge is 0.346 e. The lowest BCUT2D eigenvalue weighted by molar-refractivity contribution is -0.139. The predicted molar refractivity (Wildman–Crippen MR) is 128 cm³/mol. The molecule has 0 aliphatic carbocycles. The van der Waals surface area contributed by atoms with Gasteiger partial charge in [-0.15, -0.1) is 0 Å². The number of carboxylic acid groups (broad SMARTS) is 1. The molecule has 2 aromatic carbocycles. The van der Waals surface area contributed by atoms with E-state index in [0.29, 0.717) is 0 Å². The monoisotopic (exact) mass is 496 g/mol. The maximum Gasteiger partial charge on any atom is 0.346 e. The van der Waals surface area contributed by atoms with Crippen LogP contribution in [0.5, 0.6) is 17.2 Å². The lowest BCUT2D eigenvalue weighted by Crippen LogP contribution is -2.42. The van der Waals surface area contributed by atoms with Gasteiger partial charge in [0.2, 0.25) is 0 Å². The van der Waals surface area contributed by atoms with Crippen molar-refractivity contribution in [2.24, 2.45) is 0 Å². The van der Waals surface area contributed by atoms with E-state index in [-0.39, 0.29) is 46.2 Å². The second kappa shape index (κ2) is 11.5. The molecule has 0 spiro atoms. The van der Waals surface area contributed by atoms with Gasteiger partial charge in [0.1, 0.15) is 34.7 Å². The number of H-pyrrole nitrogens is 1. The summed E-state index contributed by atoms with van der Waals surface area (Å²) in [6, 6.07) is 9.66. The molecule has 188 valence electrons. The van der Waals surface area contributed by atoms with Crippen LogP contribution in [0.2, 0.25) is 0 Å². The van der Waals surface area contributed by atoms with Crippen LogP contribution in [0.25, 0.3) is 0 Å². The van der Waals surface area contributed by atoms with Gasteiger partial charge in [-0.05, 0) is 24.3 Å². The van der Waals surface area contributed by atoms with Crippen LogP contribution < -0.4 is 30.5 Å². The zero-order valence-corrected chi connectivity index (χ0v) is 19.7. The van der Waals surface area contributed by atoms with Crippen LogP contribution in [0.1, 0.15) is 26.3 Å². The molecule has 2 amide bonds. The van der Waals surface area contributed by atoms with E-state index < -0.39 is 29.5 Å². The molecule has 36 heavy (non-hydrogen) atoms. The molecule has 3 rings (SSSR count). The Morgan fingerprint density at radius 2 is 1.56 bits per heavy atom. The third-order valence-corrected chi connectivity index (χ3v) is 5.16. The van der Waals surface area contributed by atoms with E-state index in [2.05, 4.69) is 20.6 Å². The number of hydrogen-bond donors (Lipinski definition) is 4. The molecule has 3 aromatic rings. The number of aliphatic carboxylic acids is 1. The van der Waals surface area contributed by atoms with Crippen LogP contribution in [-0.2, 0) is 11.2 Å². The number of nitrogens with zero attached hydrogens (tertiary/aromatic N) is 1. The summed E-state index contributed by atoms with van der Waals surface area (Å²) in [7, 11) is 4.15. The number of aromatic amines is 1. The summed E-state index contributed by atoms with van der Waals surface area (Å²) >= 11 is 0. The van der Waals surface area contributed by atoms with Crippen molar-refractivity contribution in [3.63, 3.8) is 0 Å². The molecule has 12 heteroatoms. The number of rotatable bonds is 10. The number of benzene rings is 2. The number of anilines is 1. The van der Waals surface area contributed by atoms with E-state index in [0.717, 1.165) is 6.20 Å². The molecular formula is C24H24N4O8. The number of carbonyl (C=O) groups is 3. The molecule has 0 radical (unpaired) electrons. The average Bonchev–Trinajstić information content (AvgIpc) is 2.88. The molecule has 1 atom stereocenters. The molecule has 0 fully saturated rings. The van der Waals surface area contributed by atoms with Crippen molar-refractivity contribution < 1.29 is 33.7 Å². The maximum absolute atomic E-state index is 13.1. The largest absolute Gasteiger partial charge is 0.496 e. The number of methoxy groups -OCH3 is 3. The first kappa shape index (κ1) is 25.7. The number of aromatic nitrogens is 2. The van der Waals surface area contributed by atoms with E-state index in [1.165, 1.54) is 27.4 Å². The third-order valence-electron chi connectivity index (χ3n) is 5.16. The minimum atomic E-state index is -1.42.